The van der Waals surface area contributed by atoms with Crippen LogP contribution >= 0.6 is 24.0 Å². The zero-order chi connectivity index (χ0) is 19.3. The number of hydrogen-bond acceptors (Lipinski definition) is 5. The van der Waals surface area contributed by atoms with Gasteiger partial charge in [-0.2, -0.15) is 0 Å². The van der Waals surface area contributed by atoms with E-state index in [0.29, 0.717) is 29.9 Å². The van der Waals surface area contributed by atoms with Gasteiger partial charge in [-0.3, -0.25) is 4.99 Å². The number of hydrogen-bond donors (Lipinski definition) is 2. The minimum Gasteiger partial charge on any atom is -0.359 e. The third-order valence-corrected chi connectivity index (χ3v) is 5.18. The van der Waals surface area contributed by atoms with Gasteiger partial charge in [-0.25, -0.2) is 8.42 Å². The highest BCUT2D eigenvalue weighted by Crippen LogP contribution is 2.16. The smallest absolute Gasteiger partial charge is 0.191 e. The maximum absolute atomic E-state index is 11.7. The van der Waals surface area contributed by atoms with Crippen molar-refractivity contribution in [2.24, 2.45) is 4.99 Å². The number of aliphatic imine (C=N–C) groups is 1. The fraction of sp³-hybridized carbons (Fsp3) is 0.444. The van der Waals surface area contributed by atoms with Crippen molar-refractivity contribution in [1.82, 2.24) is 15.8 Å². The fourth-order valence-electron chi connectivity index (χ4n) is 2.50. The summed E-state index contributed by atoms with van der Waals surface area (Å²) in [7, 11) is -1.51. The van der Waals surface area contributed by atoms with Crippen LogP contribution in [0.15, 0.2) is 38.7 Å². The third kappa shape index (κ3) is 6.80. The minimum atomic E-state index is -3.20. The summed E-state index contributed by atoms with van der Waals surface area (Å²) in [6.07, 6.45) is 1.22. The van der Waals surface area contributed by atoms with Crippen LogP contribution in [-0.2, 0) is 22.9 Å². The van der Waals surface area contributed by atoms with Gasteiger partial charge < -0.3 is 15.2 Å². The van der Waals surface area contributed by atoms with Gasteiger partial charge in [-0.15, -0.1) is 24.0 Å². The van der Waals surface area contributed by atoms with Crippen LogP contribution < -0.4 is 10.6 Å². The van der Waals surface area contributed by atoms with Gasteiger partial charge >= 0.3 is 0 Å². The highest BCUT2D eigenvalue weighted by molar-refractivity contribution is 14.0. The molecule has 2 N–H and O–H groups in total. The highest BCUT2D eigenvalue weighted by Gasteiger charge is 2.11. The molecule has 0 radical (unpaired) electrons. The molecular formula is C18H27IN4O3S. The summed E-state index contributed by atoms with van der Waals surface area (Å²) < 4.78 is 28.7. The number of aryl methyl sites for hydroxylation is 1. The SMILES string of the molecule is CN=C(NCc1ccc(S(C)(=O)=O)c(C)c1)NCc1cc(C(C)C)no1.I. The number of sulfone groups is 1. The zero-order valence-corrected chi connectivity index (χ0v) is 19.4. The number of guanidine groups is 1. The van der Waals surface area contributed by atoms with Crippen LogP contribution in [0.4, 0.5) is 0 Å². The Labute approximate surface area is 178 Å². The van der Waals surface area contributed by atoms with Crippen molar-refractivity contribution in [2.45, 2.75) is 44.7 Å². The summed E-state index contributed by atoms with van der Waals surface area (Å²) in [5.41, 5.74) is 2.63. The molecule has 27 heavy (non-hydrogen) atoms. The van der Waals surface area contributed by atoms with Crippen LogP contribution in [-0.4, -0.2) is 32.8 Å². The molecule has 0 unspecified atom stereocenters. The van der Waals surface area contributed by atoms with Gasteiger partial charge in [-0.05, 0) is 30.0 Å². The van der Waals surface area contributed by atoms with Gasteiger partial charge in [0.25, 0.3) is 0 Å². The largest absolute Gasteiger partial charge is 0.359 e. The molecule has 0 saturated carbocycles. The van der Waals surface area contributed by atoms with Crippen molar-refractivity contribution in [2.75, 3.05) is 13.3 Å². The lowest BCUT2D eigenvalue weighted by atomic mass is 10.1. The fourth-order valence-corrected chi connectivity index (χ4v) is 3.46. The van der Waals surface area contributed by atoms with E-state index < -0.39 is 9.84 Å². The predicted molar refractivity (Wildman–Crippen MR) is 117 cm³/mol. The summed E-state index contributed by atoms with van der Waals surface area (Å²) >= 11 is 0. The van der Waals surface area contributed by atoms with E-state index in [2.05, 4.69) is 34.6 Å². The first-order chi connectivity index (χ1) is 12.2. The van der Waals surface area contributed by atoms with Crippen molar-refractivity contribution < 1.29 is 12.9 Å². The van der Waals surface area contributed by atoms with Crippen molar-refractivity contribution >= 4 is 39.8 Å². The van der Waals surface area contributed by atoms with E-state index in [9.17, 15) is 8.42 Å². The molecule has 0 aliphatic rings. The summed E-state index contributed by atoms with van der Waals surface area (Å²) in [5, 5.41) is 10.4. The monoisotopic (exact) mass is 506 g/mol. The Hall–Kier alpha value is -1.62. The molecule has 2 aromatic rings. The minimum absolute atomic E-state index is 0. The van der Waals surface area contributed by atoms with Crippen LogP contribution in [0, 0.1) is 6.92 Å². The lowest BCUT2D eigenvalue weighted by Crippen LogP contribution is -2.36. The summed E-state index contributed by atoms with van der Waals surface area (Å²) in [4.78, 5) is 4.53. The predicted octanol–water partition coefficient (Wildman–Crippen LogP) is 2.99. The van der Waals surface area contributed by atoms with E-state index in [4.69, 9.17) is 4.52 Å². The van der Waals surface area contributed by atoms with Crippen LogP contribution in [0.3, 0.4) is 0 Å². The summed E-state index contributed by atoms with van der Waals surface area (Å²) in [6, 6.07) is 7.23. The number of benzene rings is 1. The number of halogens is 1. The Balaban J connectivity index is 0.00000364. The molecule has 1 aromatic carbocycles. The first-order valence-corrected chi connectivity index (χ1v) is 10.3. The lowest BCUT2D eigenvalue weighted by Gasteiger charge is -2.12. The van der Waals surface area contributed by atoms with E-state index in [1.54, 1.807) is 26.1 Å². The van der Waals surface area contributed by atoms with E-state index in [-0.39, 0.29) is 24.0 Å². The number of rotatable bonds is 6. The second-order valence-electron chi connectivity index (χ2n) is 6.52. The molecule has 0 bridgehead atoms. The molecule has 7 nitrogen and oxygen atoms in total. The van der Waals surface area contributed by atoms with Gasteiger partial charge in [0.05, 0.1) is 17.1 Å². The van der Waals surface area contributed by atoms with E-state index in [1.807, 2.05) is 12.1 Å². The molecule has 9 heteroatoms. The molecule has 0 amide bonds. The highest BCUT2D eigenvalue weighted by atomic mass is 127. The molecule has 2 rings (SSSR count). The van der Waals surface area contributed by atoms with Gasteiger partial charge in [0, 0.05) is 25.9 Å². The maximum Gasteiger partial charge on any atom is 0.191 e. The molecule has 0 spiro atoms. The maximum atomic E-state index is 11.7. The van der Waals surface area contributed by atoms with Crippen molar-refractivity contribution in [1.29, 1.82) is 0 Å². The molecule has 1 aromatic heterocycles. The molecule has 0 saturated heterocycles. The topological polar surface area (TPSA) is 96.6 Å². The van der Waals surface area contributed by atoms with Crippen molar-refractivity contribution in [3.63, 3.8) is 0 Å². The van der Waals surface area contributed by atoms with Crippen LogP contribution in [0.2, 0.25) is 0 Å². The van der Waals surface area contributed by atoms with Crippen LogP contribution in [0.25, 0.3) is 0 Å². The molecular weight excluding hydrogens is 479 g/mol. The lowest BCUT2D eigenvalue weighted by molar-refractivity contribution is 0.372. The van der Waals surface area contributed by atoms with Crippen molar-refractivity contribution in [3.8, 4) is 0 Å². The average Bonchev–Trinajstić information content (AvgIpc) is 3.03. The molecule has 150 valence electrons. The second kappa shape index (κ2) is 10.1. The van der Waals surface area contributed by atoms with Gasteiger partial charge in [-0.1, -0.05) is 31.1 Å². The normalized spacial score (nSPS) is 12.0. The average molecular weight is 506 g/mol. The van der Waals surface area contributed by atoms with Gasteiger partial charge in [0.2, 0.25) is 0 Å². The Kier molecular flexibility index (Phi) is 8.73. The molecule has 0 fully saturated rings. The molecule has 0 atom stereocenters. The summed E-state index contributed by atoms with van der Waals surface area (Å²) in [5.74, 6) is 1.69. The van der Waals surface area contributed by atoms with Gasteiger partial charge in [0.1, 0.15) is 0 Å². The summed E-state index contributed by atoms with van der Waals surface area (Å²) in [6.45, 7) is 6.92. The third-order valence-electron chi connectivity index (χ3n) is 3.92. The Morgan fingerprint density at radius 2 is 1.89 bits per heavy atom. The quantitative estimate of drug-likeness (QED) is 0.355. The Morgan fingerprint density at radius 1 is 1.22 bits per heavy atom. The van der Waals surface area contributed by atoms with Crippen LogP contribution in [0.1, 0.15) is 42.3 Å². The number of aromatic nitrogens is 1. The Morgan fingerprint density at radius 3 is 2.41 bits per heavy atom. The first kappa shape index (κ1) is 23.4. The van der Waals surface area contributed by atoms with E-state index >= 15 is 0 Å². The van der Waals surface area contributed by atoms with Gasteiger partial charge in [0.15, 0.2) is 21.6 Å². The zero-order valence-electron chi connectivity index (χ0n) is 16.2. The van der Waals surface area contributed by atoms with Crippen LogP contribution in [0.5, 0.6) is 0 Å². The number of nitrogens with zero attached hydrogens (tertiary/aromatic N) is 2. The van der Waals surface area contributed by atoms with E-state index in [0.717, 1.165) is 22.6 Å². The molecule has 1 heterocycles. The standard InChI is InChI=1S/C18H26N4O3S.HI/c1-12(2)16-9-15(25-22-16)11-21-18(19-4)20-10-14-6-7-17(13(3)8-14)26(5,23)24;/h6-9,12H,10-11H2,1-5H3,(H2,19,20,21);1H. The van der Waals surface area contributed by atoms with Crippen molar-refractivity contribution in [3.05, 3.63) is 46.8 Å². The molecule has 0 aliphatic carbocycles. The second-order valence-corrected chi connectivity index (χ2v) is 8.51. The van der Waals surface area contributed by atoms with E-state index in [1.165, 1.54) is 6.26 Å². The molecule has 0 aliphatic heterocycles. The number of nitrogens with one attached hydrogen (secondary N) is 2. The Bertz CT molecular complexity index is 892. The first-order valence-electron chi connectivity index (χ1n) is 8.40.